The van der Waals surface area contributed by atoms with Gasteiger partial charge in [0.05, 0.1) is 0 Å². The molecule has 62 valence electrons. The van der Waals surface area contributed by atoms with Crippen LogP contribution in [0, 0.1) is 0 Å². The predicted molar refractivity (Wildman–Crippen MR) is 40.3 cm³/mol. The maximum Gasteiger partial charge on any atom is 0.447 e. The lowest BCUT2D eigenvalue weighted by Crippen LogP contribution is -2.11. The van der Waals surface area contributed by atoms with E-state index in [0.717, 1.165) is 6.42 Å². The summed E-state index contributed by atoms with van der Waals surface area (Å²) in [5.41, 5.74) is 4.60. The van der Waals surface area contributed by atoms with Crippen molar-refractivity contribution in [3.05, 3.63) is 24.5 Å². The van der Waals surface area contributed by atoms with Gasteiger partial charge in [0.15, 0.2) is 0 Å². The Morgan fingerprint density at radius 1 is 1.55 bits per heavy atom. The molecule has 0 aromatic carbocycles. The third-order valence-corrected chi connectivity index (χ3v) is 0.747. The number of amides is 1. The maximum absolute atomic E-state index is 9.91. The lowest BCUT2D eigenvalue weighted by atomic mass is 10.4. The van der Waals surface area contributed by atoms with Gasteiger partial charge in [-0.05, 0) is 12.5 Å². The van der Waals surface area contributed by atoms with E-state index >= 15 is 0 Å². The lowest BCUT2D eigenvalue weighted by Gasteiger charge is -1.91. The summed E-state index contributed by atoms with van der Waals surface area (Å²) < 4.78 is 0. The number of primary amides is 1. The van der Waals surface area contributed by atoms with Gasteiger partial charge >= 0.3 is 6.09 Å². The van der Waals surface area contributed by atoms with E-state index in [1.807, 2.05) is 13.0 Å². The van der Waals surface area contributed by atoms with E-state index in [-0.39, 0.29) is 0 Å². The van der Waals surface area contributed by atoms with Crippen LogP contribution in [0.25, 0.3) is 0 Å². The highest BCUT2D eigenvalue weighted by Crippen LogP contribution is 1.84. The number of allylic oxidation sites excluding steroid dienone is 3. The fourth-order valence-corrected chi connectivity index (χ4v) is 0.367. The minimum atomic E-state index is -0.964. The van der Waals surface area contributed by atoms with Crippen molar-refractivity contribution >= 4 is 6.09 Å². The number of carbonyl (C=O) groups is 1. The van der Waals surface area contributed by atoms with Crippen LogP contribution in [0.3, 0.4) is 0 Å². The van der Waals surface area contributed by atoms with E-state index in [1.54, 1.807) is 12.2 Å². The number of carbonyl (C=O) groups excluding carboxylic acids is 1. The highest BCUT2D eigenvalue weighted by Gasteiger charge is 1.87. The van der Waals surface area contributed by atoms with Crippen molar-refractivity contribution in [2.24, 2.45) is 5.73 Å². The Labute approximate surface area is 65.2 Å². The van der Waals surface area contributed by atoms with Crippen molar-refractivity contribution in [3.63, 3.8) is 0 Å². The maximum atomic E-state index is 9.91. The molecule has 1 amide bonds. The average Bonchev–Trinajstić information content (AvgIpc) is 1.96. The van der Waals surface area contributed by atoms with Gasteiger partial charge < -0.3 is 5.73 Å². The van der Waals surface area contributed by atoms with Gasteiger partial charge in [-0.15, -0.1) is 0 Å². The number of hydrogen-bond donors (Lipinski definition) is 1. The second-order valence-electron chi connectivity index (χ2n) is 1.66. The molecule has 0 aliphatic carbocycles. The van der Waals surface area contributed by atoms with Crippen LogP contribution < -0.4 is 5.73 Å². The second kappa shape index (κ2) is 6.67. The van der Waals surface area contributed by atoms with Gasteiger partial charge in [0.25, 0.3) is 0 Å². The van der Waals surface area contributed by atoms with Gasteiger partial charge in [-0.2, -0.15) is 0 Å². The van der Waals surface area contributed by atoms with Crippen LogP contribution in [-0.2, 0) is 9.78 Å². The SMILES string of the molecule is CCC=CC=COOC(N)=O. The molecule has 0 fully saturated rings. The molecule has 0 unspecified atom stereocenters. The Bertz CT molecular complexity index is 163. The van der Waals surface area contributed by atoms with Crippen molar-refractivity contribution in [1.29, 1.82) is 0 Å². The lowest BCUT2D eigenvalue weighted by molar-refractivity contribution is -0.183. The van der Waals surface area contributed by atoms with Crippen LogP contribution in [0.5, 0.6) is 0 Å². The van der Waals surface area contributed by atoms with Crippen LogP contribution in [-0.4, -0.2) is 6.09 Å². The minimum Gasteiger partial charge on any atom is -0.332 e. The third kappa shape index (κ3) is 8.55. The standard InChI is InChI=1S/C7H11NO3/c1-2-3-4-5-6-10-11-7(8)9/h3-6H,2H2,1H3,(H2,8,9). The molecular weight excluding hydrogens is 146 g/mol. The van der Waals surface area contributed by atoms with Crippen LogP contribution in [0.1, 0.15) is 13.3 Å². The van der Waals surface area contributed by atoms with E-state index in [4.69, 9.17) is 0 Å². The zero-order chi connectivity index (χ0) is 8.53. The fraction of sp³-hybridized carbons (Fsp3) is 0.286. The Kier molecular flexibility index (Phi) is 5.79. The molecule has 0 spiro atoms. The summed E-state index contributed by atoms with van der Waals surface area (Å²) in [7, 11) is 0. The normalized spacial score (nSPS) is 10.6. The average molecular weight is 157 g/mol. The summed E-state index contributed by atoms with van der Waals surface area (Å²) in [6.45, 7) is 2.01. The first-order chi connectivity index (χ1) is 5.27. The van der Waals surface area contributed by atoms with Crippen molar-refractivity contribution in [1.82, 2.24) is 0 Å². The molecule has 4 heteroatoms. The summed E-state index contributed by atoms with van der Waals surface area (Å²) in [6, 6.07) is 0. The smallest absolute Gasteiger partial charge is 0.332 e. The van der Waals surface area contributed by atoms with Crippen molar-refractivity contribution in [2.75, 3.05) is 0 Å². The second-order valence-corrected chi connectivity index (χ2v) is 1.66. The van der Waals surface area contributed by atoms with E-state index in [1.165, 1.54) is 6.26 Å². The van der Waals surface area contributed by atoms with E-state index < -0.39 is 6.09 Å². The number of hydrogen-bond acceptors (Lipinski definition) is 3. The van der Waals surface area contributed by atoms with Crippen molar-refractivity contribution in [2.45, 2.75) is 13.3 Å². The quantitative estimate of drug-likeness (QED) is 0.291. The van der Waals surface area contributed by atoms with Gasteiger partial charge in [0, 0.05) is 0 Å². The highest BCUT2D eigenvalue weighted by molar-refractivity contribution is 5.63. The Morgan fingerprint density at radius 3 is 2.82 bits per heavy atom. The zero-order valence-electron chi connectivity index (χ0n) is 6.32. The molecule has 0 rings (SSSR count). The van der Waals surface area contributed by atoms with Crippen molar-refractivity contribution in [3.8, 4) is 0 Å². The van der Waals surface area contributed by atoms with Gasteiger partial charge in [0.2, 0.25) is 0 Å². The molecule has 0 saturated heterocycles. The van der Waals surface area contributed by atoms with Gasteiger partial charge in [-0.25, -0.2) is 9.68 Å². The topological polar surface area (TPSA) is 61.6 Å². The molecule has 0 aromatic heterocycles. The first-order valence-corrected chi connectivity index (χ1v) is 3.21. The predicted octanol–water partition coefficient (Wildman–Crippen LogP) is 1.49. The minimum absolute atomic E-state index is 0.945. The molecule has 0 aliphatic heterocycles. The van der Waals surface area contributed by atoms with Crippen LogP contribution >= 0.6 is 0 Å². The monoisotopic (exact) mass is 157 g/mol. The molecule has 0 saturated carbocycles. The summed E-state index contributed by atoms with van der Waals surface area (Å²) in [5.74, 6) is 0. The Morgan fingerprint density at radius 2 is 2.27 bits per heavy atom. The van der Waals surface area contributed by atoms with E-state index in [0.29, 0.717) is 0 Å². The molecule has 0 aliphatic rings. The summed E-state index contributed by atoms with van der Waals surface area (Å²) in [5, 5.41) is 0. The molecule has 2 N–H and O–H groups in total. The number of nitrogens with two attached hydrogens (primary N) is 1. The van der Waals surface area contributed by atoms with E-state index in [2.05, 4.69) is 15.5 Å². The Balaban J connectivity index is 3.30. The van der Waals surface area contributed by atoms with Crippen molar-refractivity contribution < 1.29 is 14.6 Å². The van der Waals surface area contributed by atoms with Gasteiger partial charge in [-0.1, -0.05) is 19.1 Å². The largest absolute Gasteiger partial charge is 0.447 e. The molecule has 0 radical (unpaired) electrons. The van der Waals surface area contributed by atoms with E-state index in [9.17, 15) is 4.79 Å². The zero-order valence-corrected chi connectivity index (χ0v) is 6.32. The highest BCUT2D eigenvalue weighted by atomic mass is 17.2. The first-order valence-electron chi connectivity index (χ1n) is 3.21. The number of rotatable bonds is 4. The molecule has 0 aromatic rings. The van der Waals surface area contributed by atoms with Gasteiger partial charge in [0.1, 0.15) is 6.26 Å². The molecular formula is C7H11NO3. The summed E-state index contributed by atoms with van der Waals surface area (Å²) in [4.78, 5) is 18.1. The summed E-state index contributed by atoms with van der Waals surface area (Å²) in [6.07, 6.45) is 6.48. The summed E-state index contributed by atoms with van der Waals surface area (Å²) >= 11 is 0. The first kappa shape index (κ1) is 9.55. The molecule has 0 heterocycles. The Hall–Kier alpha value is -1.45. The fourth-order valence-electron chi connectivity index (χ4n) is 0.367. The van der Waals surface area contributed by atoms with Gasteiger partial charge in [-0.3, -0.25) is 4.89 Å². The molecule has 4 nitrogen and oxygen atoms in total. The molecule has 0 bridgehead atoms. The molecule has 0 atom stereocenters. The molecule has 11 heavy (non-hydrogen) atoms. The van der Waals surface area contributed by atoms with Crippen LogP contribution in [0.4, 0.5) is 4.79 Å². The van der Waals surface area contributed by atoms with Crippen LogP contribution in [0.15, 0.2) is 24.5 Å². The van der Waals surface area contributed by atoms with Crippen LogP contribution in [0.2, 0.25) is 0 Å². The third-order valence-electron chi connectivity index (χ3n) is 0.747.